The Morgan fingerprint density at radius 1 is 0.357 bits per heavy atom. The maximum atomic E-state index is 10.3. The number of fused-ring (bicyclic) bond motifs is 6. The number of aryl methyl sites for hydroxylation is 3. The van der Waals surface area contributed by atoms with Crippen LogP contribution in [0.15, 0.2) is 188 Å². The number of nitrogens with one attached hydrogen (secondary N) is 2. The number of benzene rings is 7. The van der Waals surface area contributed by atoms with E-state index in [2.05, 4.69) is 109 Å². The fourth-order valence-corrected chi connectivity index (χ4v) is 20.3. The van der Waals surface area contributed by atoms with Gasteiger partial charge in [-0.2, -0.15) is 0 Å². The van der Waals surface area contributed by atoms with Crippen molar-refractivity contribution in [1.82, 2.24) is 74.7 Å². The van der Waals surface area contributed by atoms with Crippen LogP contribution in [0.3, 0.4) is 0 Å². The Morgan fingerprint density at radius 3 is 1.14 bits per heavy atom. The summed E-state index contributed by atoms with van der Waals surface area (Å²) in [5, 5.41) is 64.3. The summed E-state index contributed by atoms with van der Waals surface area (Å²) in [6, 6.07) is 54.1. The maximum absolute atomic E-state index is 10.3. The smallest absolute Gasteiger partial charge is 0.165 e. The average Bonchev–Trinajstić information content (AvgIpc) is 1.34. The molecule has 28 heteroatoms. The Balaban J connectivity index is 0.000000112. The lowest BCUT2D eigenvalue weighted by molar-refractivity contribution is 0.122. The van der Waals surface area contributed by atoms with Crippen molar-refractivity contribution in [3.63, 3.8) is 0 Å². The Morgan fingerprint density at radius 2 is 0.707 bits per heavy atom. The number of imidazole rings is 1. The quantitative estimate of drug-likeness (QED) is 0.0420. The molecule has 0 spiro atoms. The molecule has 7 aromatic carbocycles. The van der Waals surface area contributed by atoms with Crippen LogP contribution < -0.4 is 29.8 Å². The highest BCUT2D eigenvalue weighted by atomic mass is 16.5. The normalized spacial score (nSPS) is 17.1. The number of phenols is 6. The number of phenolic OH excluding ortho intramolecular Hbond substituents is 6. The lowest BCUT2D eigenvalue weighted by atomic mass is 9.88. The number of aromatic hydroxyl groups is 6. The predicted octanol–water partition coefficient (Wildman–Crippen LogP) is 18.2. The molecule has 0 amide bonds. The van der Waals surface area contributed by atoms with Gasteiger partial charge in [-0.1, -0.05) is 124 Å². The molecule has 6 aliphatic carbocycles. The van der Waals surface area contributed by atoms with E-state index in [1.807, 2.05) is 134 Å². The molecule has 3 saturated heterocycles. The van der Waals surface area contributed by atoms with Crippen LogP contribution in [-0.2, 0) is 94.8 Å². The van der Waals surface area contributed by atoms with Crippen LogP contribution in [0.25, 0.3) is 68.3 Å². The van der Waals surface area contributed by atoms with Gasteiger partial charge in [0.2, 0.25) is 0 Å². The van der Waals surface area contributed by atoms with E-state index in [1.54, 1.807) is 48.8 Å². The van der Waals surface area contributed by atoms with Crippen LogP contribution >= 0.6 is 0 Å². The summed E-state index contributed by atoms with van der Waals surface area (Å²) in [6.07, 6.45) is 26.0. The Labute approximate surface area is 820 Å². The van der Waals surface area contributed by atoms with Gasteiger partial charge in [-0.3, -0.25) is 0 Å². The molecule has 0 radical (unpaired) electrons. The Bertz CT molecular complexity index is 6620. The third-order valence-corrected chi connectivity index (χ3v) is 27.9. The van der Waals surface area contributed by atoms with Gasteiger partial charge in [-0.15, -0.1) is 0 Å². The van der Waals surface area contributed by atoms with Crippen LogP contribution in [-0.4, -0.2) is 206 Å². The van der Waals surface area contributed by atoms with Crippen LogP contribution in [0.4, 0.5) is 34.9 Å². The number of aromatic nitrogens is 14. The second kappa shape index (κ2) is 44.7. The van der Waals surface area contributed by atoms with Crippen molar-refractivity contribution in [2.75, 3.05) is 130 Å². The van der Waals surface area contributed by atoms with Crippen molar-refractivity contribution < 1.29 is 35.4 Å². The minimum absolute atomic E-state index is 0.208. The molecule has 3 atom stereocenters. The lowest BCUT2D eigenvalue weighted by Gasteiger charge is -2.36. The summed E-state index contributed by atoms with van der Waals surface area (Å²) in [5.41, 5.74) is 21.0. The number of anilines is 6. The third-order valence-electron chi connectivity index (χ3n) is 27.9. The highest BCUT2D eigenvalue weighted by molar-refractivity contribution is 5.73. The van der Waals surface area contributed by atoms with E-state index in [9.17, 15) is 30.6 Å². The van der Waals surface area contributed by atoms with Gasteiger partial charge in [0.1, 0.15) is 69.4 Å². The molecule has 724 valence electrons. The Hall–Kier alpha value is -14.3. The number of likely N-dealkylation sites (N-methyl/N-ethyl adjacent to an activating group) is 1. The fourth-order valence-electron chi connectivity index (χ4n) is 20.3. The number of hydrogen-bond donors (Lipinski definition) is 8. The lowest BCUT2D eigenvalue weighted by Crippen LogP contribution is -2.45. The molecule has 0 saturated carbocycles. The minimum atomic E-state index is 0.208. The third kappa shape index (κ3) is 22.7. The monoisotopic (exact) mass is 1880 g/mol. The zero-order chi connectivity index (χ0) is 96.7. The zero-order valence-corrected chi connectivity index (χ0v) is 81.6. The summed E-state index contributed by atoms with van der Waals surface area (Å²) in [7, 11) is 8.25. The molecule has 7 aromatic heterocycles. The van der Waals surface area contributed by atoms with Crippen molar-refractivity contribution in [2.45, 2.75) is 162 Å². The average molecular weight is 1880 g/mol. The number of ether oxygens (including phenoxy) is 1. The van der Waals surface area contributed by atoms with E-state index in [4.69, 9.17) is 54.6 Å². The van der Waals surface area contributed by atoms with Gasteiger partial charge in [0.05, 0.1) is 70.0 Å². The van der Waals surface area contributed by atoms with Crippen LogP contribution in [0, 0.1) is 17.8 Å². The van der Waals surface area contributed by atoms with Gasteiger partial charge >= 0.3 is 0 Å². The molecular formula is C112H129N21O7. The summed E-state index contributed by atoms with van der Waals surface area (Å²) >= 11 is 0. The molecular weight excluding hydrogens is 1750 g/mol. The van der Waals surface area contributed by atoms with E-state index in [1.165, 1.54) is 76.0 Å². The fraction of sp³-hybridized carbons (Fsp3) is 0.384. The van der Waals surface area contributed by atoms with Crippen LogP contribution in [0.5, 0.6) is 34.5 Å². The molecule has 9 aliphatic rings. The summed E-state index contributed by atoms with van der Waals surface area (Å²) in [4.78, 5) is 78.2. The molecule has 0 bridgehead atoms. The van der Waals surface area contributed by atoms with E-state index in [0.717, 1.165) is 262 Å². The number of morpholine rings is 1. The first-order valence-corrected chi connectivity index (χ1v) is 50.0. The topological polar surface area (TPSA) is 345 Å². The number of nitrogens with zero attached hydrogens (tertiary/aromatic N) is 19. The second-order valence-corrected chi connectivity index (χ2v) is 38.6. The van der Waals surface area contributed by atoms with Gasteiger partial charge in [0.25, 0.3) is 0 Å². The Kier molecular flexibility index (Phi) is 30.7. The van der Waals surface area contributed by atoms with Gasteiger partial charge in [-0.05, 0) is 232 Å². The highest BCUT2D eigenvalue weighted by Gasteiger charge is 2.33. The molecule has 10 heterocycles. The van der Waals surface area contributed by atoms with Gasteiger partial charge in [-0.25, -0.2) is 64.8 Å². The first-order chi connectivity index (χ1) is 68.2. The van der Waals surface area contributed by atoms with Gasteiger partial charge in [0, 0.05) is 155 Å². The largest absolute Gasteiger partial charge is 0.507 e. The van der Waals surface area contributed by atoms with E-state index < -0.39 is 0 Å². The standard InChI is InChI=1S/C23H25N3O.C20H23N5O.C20H26N4O.C17H19N3O2.C17H19N3O.C15H17N3O/c1-16-12-13-18-20(14-16)24-22(19-10-6-7-11-21(19)27)25-23(18)26(2)15-17-8-4-3-5-9-17;1-13-6-7-15-17(10-13)24-20(16-4-2-3-5-18(16)26)25-19(15)22-9-8-14-11-21-12-23-14;1-14-7-8-15-17(13-14)21-19(16-5-3-4-6-18(16)25)22-20(15)24-11-9-23(2)10-12-24;21-15-7-2-1-4-13(15)16-18-14-6-3-5-12(14)17(19-16)20-8-10-22-11-9-20;21-15-9-2-1-6-13(15)16-18-14-8-5-7-12(14)17(19-16)20-10-3-4-11-20;1-18(2)15-10-7-5-8-12(10)16-14(17-15)11-6-3-4-9-13(11)19/h3-11,16,27H,12-15H2,1-2H3;2-5,11-13,26H,6-10H2,1H3,(H,21,23)(H,22,24,25);3-6,14,25H,7-13H2,1-2H3;1-2,4,7,21H,3,5-6,8-11H2;1-2,6,9,21H,3-5,7-8,10-11H2;3-4,6,9,19H,5,7-8H2,1-2H3. The number of piperazine rings is 1. The molecule has 3 unspecified atom stereocenters. The number of hydrogen-bond acceptors (Lipinski definition) is 27. The number of rotatable bonds is 17. The van der Waals surface area contributed by atoms with Crippen molar-refractivity contribution in [3.8, 4) is 103 Å². The second-order valence-electron chi connectivity index (χ2n) is 38.6. The summed E-state index contributed by atoms with van der Waals surface area (Å²) < 4.78 is 5.45. The van der Waals surface area contributed by atoms with Gasteiger partial charge in [0.15, 0.2) is 34.9 Å². The zero-order valence-electron chi connectivity index (χ0n) is 81.6. The maximum Gasteiger partial charge on any atom is 0.165 e. The SMILES string of the molecule is CC1CCc2c(nc(-c3ccccc3O)nc2N(C)Cc2ccccc2)C1.CC1CCc2c(nc(-c3ccccc3O)nc2N2CCN(C)CC2)C1.CC1CCc2c(nc(-c3ccccc3O)nc2NCCc2cnc[nH]2)C1.CN(C)c1nc(-c2ccccc2O)nc2c1CCC2.Oc1ccccc1-c1nc2c(c(N3CCCC3)n1)CCC2.Oc1ccccc1-c1nc2c(c(N3CCOCC3)n1)CCC2. The van der Waals surface area contributed by atoms with E-state index in [-0.39, 0.29) is 34.5 Å². The highest BCUT2D eigenvalue weighted by Crippen LogP contribution is 2.43. The van der Waals surface area contributed by atoms with E-state index >= 15 is 0 Å². The molecule has 3 aliphatic heterocycles. The number of aromatic amines is 1. The number of H-pyrrole nitrogens is 1. The minimum Gasteiger partial charge on any atom is -0.507 e. The number of para-hydroxylation sites is 6. The molecule has 14 aromatic rings. The summed E-state index contributed by atoms with van der Waals surface area (Å²) in [5.74, 6) is 13.1. The molecule has 3 fully saturated rings. The van der Waals surface area contributed by atoms with Crippen LogP contribution in [0.2, 0.25) is 0 Å². The molecule has 23 rings (SSSR count). The summed E-state index contributed by atoms with van der Waals surface area (Å²) in [6.45, 7) is 17.9. The van der Waals surface area contributed by atoms with Crippen molar-refractivity contribution in [3.05, 3.63) is 267 Å². The van der Waals surface area contributed by atoms with Crippen molar-refractivity contribution in [2.24, 2.45) is 17.8 Å². The first-order valence-electron chi connectivity index (χ1n) is 50.0. The van der Waals surface area contributed by atoms with Crippen LogP contribution in [0.1, 0.15) is 151 Å². The molecule has 8 N–H and O–H groups in total. The van der Waals surface area contributed by atoms with Crippen molar-refractivity contribution >= 4 is 34.9 Å². The first kappa shape index (κ1) is 96.0. The van der Waals surface area contributed by atoms with Gasteiger partial charge < -0.3 is 75.1 Å². The molecule has 28 nitrogen and oxygen atoms in total. The van der Waals surface area contributed by atoms with E-state index in [0.29, 0.717) is 75.0 Å². The van der Waals surface area contributed by atoms with Crippen molar-refractivity contribution in [1.29, 1.82) is 0 Å². The predicted molar refractivity (Wildman–Crippen MR) is 552 cm³/mol. The molecule has 140 heavy (non-hydrogen) atoms.